The molecule has 22 heavy (non-hydrogen) atoms. The van der Waals surface area contributed by atoms with E-state index in [2.05, 4.69) is 15.5 Å². The number of piperidine rings is 1. The molecule has 1 aliphatic rings. The van der Waals surface area contributed by atoms with Crippen molar-refractivity contribution in [1.82, 2.24) is 15.0 Å². The monoisotopic (exact) mass is 302 g/mol. The third-order valence-electron chi connectivity index (χ3n) is 3.76. The van der Waals surface area contributed by atoms with Crippen molar-refractivity contribution in [2.45, 2.75) is 18.9 Å². The van der Waals surface area contributed by atoms with Crippen molar-refractivity contribution in [3.8, 4) is 5.75 Å². The zero-order valence-corrected chi connectivity index (χ0v) is 12.4. The highest BCUT2D eigenvalue weighted by Gasteiger charge is 2.25. The SMILES string of the molecule is COc1ccnc(NC2CCN(C(=O)c3ccon3)CC2)c1. The first-order valence-electron chi connectivity index (χ1n) is 7.22. The van der Waals surface area contributed by atoms with Crippen LogP contribution in [0.5, 0.6) is 5.75 Å². The van der Waals surface area contributed by atoms with Gasteiger partial charge in [0.15, 0.2) is 5.69 Å². The fraction of sp³-hybridized carbons (Fsp3) is 0.400. The topological polar surface area (TPSA) is 80.5 Å². The quantitative estimate of drug-likeness (QED) is 0.927. The Bertz CT molecular complexity index is 621. The number of nitrogens with one attached hydrogen (secondary N) is 1. The lowest BCUT2D eigenvalue weighted by Crippen LogP contribution is -2.42. The molecule has 0 atom stereocenters. The van der Waals surface area contributed by atoms with E-state index < -0.39 is 0 Å². The van der Waals surface area contributed by atoms with Gasteiger partial charge in [0.2, 0.25) is 0 Å². The lowest BCUT2D eigenvalue weighted by atomic mass is 10.0. The molecule has 0 radical (unpaired) electrons. The molecule has 116 valence electrons. The molecule has 1 aliphatic heterocycles. The summed E-state index contributed by atoms with van der Waals surface area (Å²) in [5, 5.41) is 7.08. The maximum atomic E-state index is 12.2. The van der Waals surface area contributed by atoms with E-state index in [4.69, 9.17) is 9.26 Å². The number of pyridine rings is 1. The highest BCUT2D eigenvalue weighted by atomic mass is 16.5. The van der Waals surface area contributed by atoms with Gasteiger partial charge in [0, 0.05) is 37.5 Å². The van der Waals surface area contributed by atoms with Crippen LogP contribution < -0.4 is 10.1 Å². The van der Waals surface area contributed by atoms with E-state index in [1.54, 1.807) is 24.3 Å². The zero-order chi connectivity index (χ0) is 15.4. The molecule has 0 unspecified atom stereocenters. The van der Waals surface area contributed by atoms with Gasteiger partial charge in [-0.25, -0.2) is 4.98 Å². The number of ether oxygens (including phenoxy) is 1. The second kappa shape index (κ2) is 6.46. The number of anilines is 1. The minimum atomic E-state index is -0.0771. The van der Waals surface area contributed by atoms with Gasteiger partial charge in [-0.05, 0) is 18.9 Å². The van der Waals surface area contributed by atoms with Gasteiger partial charge in [0.05, 0.1) is 7.11 Å². The van der Waals surface area contributed by atoms with Gasteiger partial charge < -0.3 is 19.5 Å². The van der Waals surface area contributed by atoms with Crippen molar-refractivity contribution in [2.24, 2.45) is 0 Å². The number of amides is 1. The minimum absolute atomic E-state index is 0.0771. The molecule has 7 nitrogen and oxygen atoms in total. The lowest BCUT2D eigenvalue weighted by Gasteiger charge is -2.32. The van der Waals surface area contributed by atoms with Crippen LogP contribution in [0.4, 0.5) is 5.82 Å². The lowest BCUT2D eigenvalue weighted by molar-refractivity contribution is 0.0708. The Morgan fingerprint density at radius 3 is 2.91 bits per heavy atom. The molecule has 0 spiro atoms. The molecule has 3 heterocycles. The van der Waals surface area contributed by atoms with Crippen LogP contribution in [0.25, 0.3) is 0 Å². The summed E-state index contributed by atoms with van der Waals surface area (Å²) in [5.74, 6) is 1.49. The largest absolute Gasteiger partial charge is 0.497 e. The number of carbonyl (C=O) groups excluding carboxylic acids is 1. The van der Waals surface area contributed by atoms with Crippen molar-refractivity contribution in [1.29, 1.82) is 0 Å². The van der Waals surface area contributed by atoms with Crippen LogP contribution in [0.3, 0.4) is 0 Å². The smallest absolute Gasteiger partial charge is 0.276 e. The van der Waals surface area contributed by atoms with Crippen molar-refractivity contribution < 1.29 is 14.1 Å². The average molecular weight is 302 g/mol. The fourth-order valence-corrected chi connectivity index (χ4v) is 2.54. The first-order valence-corrected chi connectivity index (χ1v) is 7.22. The summed E-state index contributed by atoms with van der Waals surface area (Å²) in [7, 11) is 1.63. The molecule has 2 aromatic rings. The van der Waals surface area contributed by atoms with Crippen molar-refractivity contribution in [2.75, 3.05) is 25.5 Å². The van der Waals surface area contributed by atoms with Crippen LogP contribution in [-0.2, 0) is 0 Å². The van der Waals surface area contributed by atoms with E-state index in [9.17, 15) is 4.79 Å². The van der Waals surface area contributed by atoms with Gasteiger partial charge in [0.25, 0.3) is 5.91 Å². The summed E-state index contributed by atoms with van der Waals surface area (Å²) >= 11 is 0. The van der Waals surface area contributed by atoms with Crippen molar-refractivity contribution in [3.63, 3.8) is 0 Å². The summed E-state index contributed by atoms with van der Waals surface area (Å²) in [6.07, 6.45) is 4.85. The van der Waals surface area contributed by atoms with Crippen LogP contribution in [0.15, 0.2) is 35.2 Å². The molecular weight excluding hydrogens is 284 g/mol. The van der Waals surface area contributed by atoms with Crippen LogP contribution in [0.1, 0.15) is 23.3 Å². The molecule has 0 aromatic carbocycles. The van der Waals surface area contributed by atoms with Gasteiger partial charge in [-0.1, -0.05) is 5.16 Å². The number of hydrogen-bond donors (Lipinski definition) is 1. The number of rotatable bonds is 4. The van der Waals surface area contributed by atoms with E-state index >= 15 is 0 Å². The van der Waals surface area contributed by atoms with Gasteiger partial charge in [0.1, 0.15) is 17.8 Å². The molecule has 1 fully saturated rings. The number of methoxy groups -OCH3 is 1. The molecular formula is C15H18N4O3. The third-order valence-corrected chi connectivity index (χ3v) is 3.76. The molecule has 0 aliphatic carbocycles. The van der Waals surface area contributed by atoms with Crippen LogP contribution in [-0.4, -0.2) is 47.2 Å². The van der Waals surface area contributed by atoms with Gasteiger partial charge in [-0.15, -0.1) is 0 Å². The Labute approximate surface area is 128 Å². The number of carbonyl (C=O) groups is 1. The van der Waals surface area contributed by atoms with Crippen molar-refractivity contribution >= 4 is 11.7 Å². The molecule has 7 heteroatoms. The molecule has 1 amide bonds. The Hall–Kier alpha value is -2.57. The maximum Gasteiger partial charge on any atom is 0.276 e. The van der Waals surface area contributed by atoms with Gasteiger partial charge >= 0.3 is 0 Å². The van der Waals surface area contributed by atoms with E-state index in [0.29, 0.717) is 24.8 Å². The third kappa shape index (κ3) is 3.19. The number of likely N-dealkylation sites (tertiary alicyclic amines) is 1. The number of hydrogen-bond acceptors (Lipinski definition) is 6. The van der Waals surface area contributed by atoms with E-state index in [1.165, 1.54) is 6.26 Å². The highest BCUT2D eigenvalue weighted by molar-refractivity contribution is 5.92. The average Bonchev–Trinajstić information content (AvgIpc) is 3.09. The molecule has 0 saturated carbocycles. The summed E-state index contributed by atoms with van der Waals surface area (Å²) in [4.78, 5) is 18.2. The summed E-state index contributed by atoms with van der Waals surface area (Å²) in [5.41, 5.74) is 0.362. The zero-order valence-electron chi connectivity index (χ0n) is 12.4. The molecule has 3 rings (SSSR count). The van der Waals surface area contributed by atoms with E-state index in [0.717, 1.165) is 24.4 Å². The minimum Gasteiger partial charge on any atom is -0.497 e. The summed E-state index contributed by atoms with van der Waals surface area (Å²) in [6.45, 7) is 1.38. The molecule has 0 bridgehead atoms. The predicted octanol–water partition coefficient (Wildman–Crippen LogP) is 1.79. The van der Waals surface area contributed by atoms with Gasteiger partial charge in [-0.3, -0.25) is 4.79 Å². The fourth-order valence-electron chi connectivity index (χ4n) is 2.54. The van der Waals surface area contributed by atoms with Crippen LogP contribution in [0, 0.1) is 0 Å². The van der Waals surface area contributed by atoms with Crippen LogP contribution in [0.2, 0.25) is 0 Å². The molecule has 1 saturated heterocycles. The first kappa shape index (κ1) is 14.4. The summed E-state index contributed by atoms with van der Waals surface area (Å²) in [6, 6.07) is 5.56. The van der Waals surface area contributed by atoms with E-state index in [1.807, 2.05) is 12.1 Å². The summed E-state index contributed by atoms with van der Waals surface area (Å²) < 4.78 is 9.90. The second-order valence-electron chi connectivity index (χ2n) is 5.18. The number of nitrogens with zero attached hydrogens (tertiary/aromatic N) is 3. The molecule has 2 aromatic heterocycles. The highest BCUT2D eigenvalue weighted by Crippen LogP contribution is 2.19. The van der Waals surface area contributed by atoms with Crippen LogP contribution >= 0.6 is 0 Å². The Morgan fingerprint density at radius 2 is 2.23 bits per heavy atom. The normalized spacial score (nSPS) is 15.6. The van der Waals surface area contributed by atoms with Gasteiger partial charge in [-0.2, -0.15) is 0 Å². The molecule has 1 N–H and O–H groups in total. The maximum absolute atomic E-state index is 12.2. The van der Waals surface area contributed by atoms with E-state index in [-0.39, 0.29) is 5.91 Å². The van der Waals surface area contributed by atoms with Crippen molar-refractivity contribution in [3.05, 3.63) is 36.4 Å². The first-order chi connectivity index (χ1) is 10.8. The number of aromatic nitrogens is 2. The standard InChI is InChI=1S/C15H18N4O3/c1-21-12-2-6-16-14(10-12)17-11-3-7-19(8-4-11)15(20)13-5-9-22-18-13/h2,5-6,9-11H,3-4,7-8H2,1H3,(H,16,17). The second-order valence-corrected chi connectivity index (χ2v) is 5.18. The predicted molar refractivity (Wildman–Crippen MR) is 79.8 cm³/mol. The Morgan fingerprint density at radius 1 is 1.41 bits per heavy atom. The Kier molecular flexibility index (Phi) is 4.22. The Balaban J connectivity index is 1.54.